The summed E-state index contributed by atoms with van der Waals surface area (Å²) in [4.78, 5) is 0. The minimum absolute atomic E-state index is 0.291. The topological polar surface area (TPSA) is 15.5 Å². The van der Waals surface area contributed by atoms with Crippen molar-refractivity contribution in [1.29, 1.82) is 0 Å². The van der Waals surface area contributed by atoms with E-state index in [4.69, 9.17) is 5.48 Å². The van der Waals surface area contributed by atoms with Crippen LogP contribution in [0, 0.1) is 94.3 Å². The highest BCUT2D eigenvalue weighted by atomic mass is 14.9. The van der Waals surface area contributed by atoms with Crippen molar-refractivity contribution in [3.8, 4) is 89.5 Å². The van der Waals surface area contributed by atoms with Crippen LogP contribution in [0.5, 0.6) is 0 Å². The van der Waals surface area contributed by atoms with Gasteiger partial charge in [-0.1, -0.05) is 207 Å². The molecular formula is C101H120N4+4. The number of pyridine rings is 4. The molecule has 0 N–H and O–H groups in total. The summed E-state index contributed by atoms with van der Waals surface area (Å²) in [7, 11) is 8.51. The van der Waals surface area contributed by atoms with Gasteiger partial charge >= 0.3 is 0 Å². The lowest BCUT2D eigenvalue weighted by molar-refractivity contribution is -0.661. The second-order valence-corrected chi connectivity index (χ2v) is 32.2. The Labute approximate surface area is 638 Å². The van der Waals surface area contributed by atoms with Crippen molar-refractivity contribution < 1.29 is 23.8 Å². The minimum atomic E-state index is -2.19. The Balaban J connectivity index is 0.000000155. The fourth-order valence-corrected chi connectivity index (χ4v) is 15.8. The van der Waals surface area contributed by atoms with Gasteiger partial charge in [0, 0.05) is 74.3 Å². The van der Waals surface area contributed by atoms with Crippen molar-refractivity contribution in [3.05, 3.63) is 308 Å². The molecule has 0 spiro atoms. The summed E-state index contributed by atoms with van der Waals surface area (Å²) in [6.07, 6.45) is 16.7. The molecule has 4 heterocycles. The molecule has 0 aliphatic heterocycles. The first-order chi connectivity index (χ1) is 51.5. The Morgan fingerprint density at radius 1 is 0.352 bits per heavy atom. The van der Waals surface area contributed by atoms with Gasteiger partial charge < -0.3 is 0 Å². The molecular weight excluding hydrogens is 1270 g/mol. The first kappa shape index (κ1) is 72.3. The van der Waals surface area contributed by atoms with E-state index in [9.17, 15) is 0 Å². The van der Waals surface area contributed by atoms with Gasteiger partial charge in [0.15, 0.2) is 24.8 Å². The van der Waals surface area contributed by atoms with Gasteiger partial charge in [0.05, 0.1) is 0 Å². The summed E-state index contributed by atoms with van der Waals surface area (Å²) in [5.41, 5.74) is 39.5. The number of aromatic nitrogens is 4. The maximum absolute atomic E-state index is 8.40. The zero-order valence-electron chi connectivity index (χ0n) is 71.5. The van der Waals surface area contributed by atoms with Gasteiger partial charge in [0.2, 0.25) is 22.8 Å². The lowest BCUT2D eigenvalue weighted by atomic mass is 9.86. The molecule has 4 nitrogen and oxygen atoms in total. The second kappa shape index (κ2) is 34.1. The predicted molar refractivity (Wildman–Crippen MR) is 448 cm³/mol. The monoisotopic (exact) mass is 1390 g/mol. The standard InChI is InChI=1S/C26H30N.C26H32N.C25H30N.C24H28N/c1-18-14-19(2)24(16-23(18)21-10-6-5-7-11-21)26-15-20(3)25(17-27(26)4)22-12-8-9-13-22;1-18-14-25(27(7)17-22(18)16-26(4,5)6)24-15-23(19(2)13-20(24)3)21-11-9-8-10-12-21;1-17(2)12-22-16-26(6)25(14-18(22)3)24-15-23(19(4)13-20(24)5)21-10-8-7-9-11-21;1-16(2)23-15-25(6)24(13-19(23)5)22-14-21(17(3)12-18(22)4)20-10-8-7-9-11-20/h5-7,10-11,14-17,22H,8-9,12-13H2,1-4H3;8-15,17H,16H2,1-7H3;7-11,13-17H,12H2,1-6H3;7-16H,1-6H3/q4*+1/i;;;3D3,16D. The third kappa shape index (κ3) is 18.9. The van der Waals surface area contributed by atoms with Crippen LogP contribution in [-0.4, -0.2) is 0 Å². The fraction of sp³-hybridized carbons (Fsp3) is 0.327. The van der Waals surface area contributed by atoms with Gasteiger partial charge in [-0.25, -0.2) is 18.3 Å². The first-order valence-electron chi connectivity index (χ1n) is 40.2. The SMILES string of the molecule is Cc1cc(-c2cc(-c3ccccc3)c(C)cc2C)[n+](C)cc1CC(C)(C)C.Cc1cc(-c2cc(-c3ccccc3)c(C)cc2C)[n+](C)cc1CC(C)C.Cc1cc(C)c(-c2cc(C)c(C3CCCC3)c[n+]2C)cc1-c1ccccc1.[2H]C([2H])([2H])c1cc(C)c(-c2cc(C)c(C([2H])(C)C)c[n+]2C)cc1-c1ccccc1. The first-order valence-corrected chi connectivity index (χ1v) is 38.2. The highest BCUT2D eigenvalue weighted by Gasteiger charge is 2.27. The number of rotatable bonds is 13. The zero-order valence-corrected chi connectivity index (χ0v) is 67.5. The Hall–Kier alpha value is -9.64. The van der Waals surface area contributed by atoms with Crippen LogP contribution in [0.4, 0.5) is 0 Å². The summed E-state index contributed by atoms with van der Waals surface area (Å²) in [5.74, 6) is 0.741. The normalized spacial score (nSPS) is 13.0. The van der Waals surface area contributed by atoms with E-state index in [-0.39, 0.29) is 0 Å². The van der Waals surface area contributed by atoms with Gasteiger partial charge in [-0.3, -0.25) is 0 Å². The van der Waals surface area contributed by atoms with Crippen molar-refractivity contribution >= 4 is 0 Å². The van der Waals surface area contributed by atoms with E-state index in [1.54, 1.807) is 11.6 Å². The third-order valence-electron chi connectivity index (χ3n) is 21.4. The molecule has 13 rings (SSSR count). The Morgan fingerprint density at radius 3 is 1.01 bits per heavy atom. The Bertz CT molecular complexity index is 5200. The number of aryl methyl sites for hydroxylation is 16. The van der Waals surface area contributed by atoms with Gasteiger partial charge in [-0.05, 0) is 267 Å². The van der Waals surface area contributed by atoms with Crippen molar-refractivity contribution in [3.63, 3.8) is 0 Å². The average molecular weight is 1390 g/mol. The second-order valence-electron chi connectivity index (χ2n) is 32.2. The molecule has 1 saturated carbocycles. The zero-order chi connectivity index (χ0) is 79.1. The van der Waals surface area contributed by atoms with Gasteiger partial charge in [0.25, 0.3) is 0 Å². The van der Waals surface area contributed by atoms with Crippen LogP contribution in [0.25, 0.3) is 89.5 Å². The van der Waals surface area contributed by atoms with Crippen LogP contribution in [-0.2, 0) is 41.0 Å². The van der Waals surface area contributed by atoms with Gasteiger partial charge in [-0.2, -0.15) is 0 Å². The van der Waals surface area contributed by atoms with E-state index >= 15 is 0 Å². The molecule has 1 fully saturated rings. The lowest BCUT2D eigenvalue weighted by Gasteiger charge is -2.19. The molecule has 0 radical (unpaired) electrons. The molecule has 4 aromatic heterocycles. The molecule has 105 heavy (non-hydrogen) atoms. The predicted octanol–water partition coefficient (Wildman–Crippen LogP) is 24.6. The van der Waals surface area contributed by atoms with E-state index in [2.05, 4.69) is 302 Å². The van der Waals surface area contributed by atoms with Crippen molar-refractivity contribution in [1.82, 2.24) is 0 Å². The minimum Gasteiger partial charge on any atom is -0.201 e. The third-order valence-corrected chi connectivity index (χ3v) is 21.4. The number of hydrogen-bond donors (Lipinski definition) is 0. The van der Waals surface area contributed by atoms with E-state index in [0.717, 1.165) is 57.8 Å². The molecule has 0 bridgehead atoms. The van der Waals surface area contributed by atoms with Crippen LogP contribution in [0.1, 0.15) is 180 Å². The lowest BCUT2D eigenvalue weighted by Crippen LogP contribution is -2.32. The summed E-state index contributed by atoms with van der Waals surface area (Å²) in [5, 5.41) is 0. The maximum Gasteiger partial charge on any atom is 0.212 e. The molecule has 0 unspecified atom stereocenters. The van der Waals surface area contributed by atoms with Crippen molar-refractivity contribution in [2.24, 2.45) is 39.5 Å². The number of nitrogens with zero attached hydrogens (tertiary/aromatic N) is 4. The molecule has 540 valence electrons. The summed E-state index contributed by atoms with van der Waals surface area (Å²) in [6, 6.07) is 68.8. The van der Waals surface area contributed by atoms with E-state index in [1.165, 1.54) is 154 Å². The van der Waals surface area contributed by atoms with Crippen LogP contribution >= 0.6 is 0 Å². The average Bonchev–Trinajstić information content (AvgIpc) is 0.943. The molecule has 1 aliphatic carbocycles. The molecule has 4 heteroatoms. The van der Waals surface area contributed by atoms with Gasteiger partial charge in [-0.15, -0.1) is 0 Å². The molecule has 12 aromatic rings. The fourth-order valence-electron chi connectivity index (χ4n) is 15.8. The van der Waals surface area contributed by atoms with Crippen LogP contribution < -0.4 is 18.3 Å². The summed E-state index contributed by atoms with van der Waals surface area (Å²) >= 11 is 0. The highest BCUT2D eigenvalue weighted by Crippen LogP contribution is 2.40. The maximum atomic E-state index is 8.40. The molecule has 0 amide bonds. The quantitative estimate of drug-likeness (QED) is 0.102. The van der Waals surface area contributed by atoms with E-state index in [0.29, 0.717) is 16.9 Å². The Morgan fingerprint density at radius 2 is 0.657 bits per heavy atom. The molecule has 8 aromatic carbocycles. The van der Waals surface area contributed by atoms with Crippen LogP contribution in [0.2, 0.25) is 0 Å². The van der Waals surface area contributed by atoms with E-state index in [1.807, 2.05) is 81.9 Å². The van der Waals surface area contributed by atoms with Gasteiger partial charge in [0.1, 0.15) is 28.2 Å². The highest BCUT2D eigenvalue weighted by molar-refractivity contribution is 5.80. The van der Waals surface area contributed by atoms with E-state index < -0.39 is 12.7 Å². The van der Waals surface area contributed by atoms with Crippen LogP contribution in [0.3, 0.4) is 0 Å². The smallest absolute Gasteiger partial charge is 0.201 e. The summed E-state index contributed by atoms with van der Waals surface area (Å²) < 4.78 is 41.4. The van der Waals surface area contributed by atoms with Crippen LogP contribution in [0.15, 0.2) is 219 Å². The largest absolute Gasteiger partial charge is 0.212 e. The number of benzene rings is 8. The molecule has 1 aliphatic rings. The van der Waals surface area contributed by atoms with Crippen molar-refractivity contribution in [2.75, 3.05) is 0 Å². The Kier molecular flexibility index (Phi) is 23.5. The molecule has 0 atom stereocenters. The molecule has 0 saturated heterocycles. The summed E-state index contributed by atoms with van der Waals surface area (Å²) in [6.45, 7) is 37.1. The number of hydrogen-bond acceptors (Lipinski definition) is 0. The van der Waals surface area contributed by atoms with Crippen molar-refractivity contribution in [2.45, 2.75) is 182 Å².